The van der Waals surface area contributed by atoms with Crippen molar-refractivity contribution in [2.24, 2.45) is 7.05 Å². The number of hydrogen-bond acceptors (Lipinski definition) is 4. The lowest BCUT2D eigenvalue weighted by Crippen LogP contribution is -2.14. The Labute approximate surface area is 103 Å². The molecule has 3 N–H and O–H groups in total. The van der Waals surface area contributed by atoms with Gasteiger partial charge in [0.1, 0.15) is 10.7 Å². The zero-order valence-corrected chi connectivity index (χ0v) is 10.3. The molecule has 0 aliphatic heterocycles. The van der Waals surface area contributed by atoms with Gasteiger partial charge in [-0.25, -0.2) is 12.8 Å². The fourth-order valence-corrected chi connectivity index (χ4v) is 2.55. The summed E-state index contributed by atoms with van der Waals surface area (Å²) in [4.78, 5) is -0.494. The summed E-state index contributed by atoms with van der Waals surface area (Å²) in [6.07, 6.45) is 2.78. The molecule has 2 rings (SSSR count). The minimum absolute atomic E-state index is 0.169. The van der Waals surface area contributed by atoms with E-state index in [0.29, 0.717) is 0 Å². The van der Waals surface area contributed by atoms with Crippen LogP contribution in [-0.2, 0) is 17.1 Å². The normalized spacial score (nSPS) is 11.4. The van der Waals surface area contributed by atoms with Gasteiger partial charge in [0.15, 0.2) is 0 Å². The smallest absolute Gasteiger partial charge is 0.264 e. The number of nitrogen functional groups attached to an aromatic ring is 1. The molecule has 96 valence electrons. The molecule has 0 amide bonds. The second-order valence-electron chi connectivity index (χ2n) is 3.70. The van der Waals surface area contributed by atoms with Crippen molar-refractivity contribution in [3.63, 3.8) is 0 Å². The van der Waals surface area contributed by atoms with Crippen LogP contribution in [0.15, 0.2) is 35.5 Å². The number of nitrogens with one attached hydrogen (secondary N) is 1. The van der Waals surface area contributed by atoms with Crippen molar-refractivity contribution >= 4 is 21.4 Å². The molecule has 2 aromatic rings. The predicted molar refractivity (Wildman–Crippen MR) is 64.8 cm³/mol. The van der Waals surface area contributed by atoms with E-state index in [4.69, 9.17) is 5.73 Å². The maximum absolute atomic E-state index is 13.5. The number of aryl methyl sites for hydroxylation is 1. The third-order valence-corrected chi connectivity index (χ3v) is 3.60. The van der Waals surface area contributed by atoms with Crippen molar-refractivity contribution in [1.29, 1.82) is 0 Å². The number of nitrogens with zero attached hydrogens (tertiary/aromatic N) is 2. The van der Waals surface area contributed by atoms with Crippen LogP contribution in [0.2, 0.25) is 0 Å². The number of rotatable bonds is 3. The summed E-state index contributed by atoms with van der Waals surface area (Å²) >= 11 is 0. The van der Waals surface area contributed by atoms with Crippen molar-refractivity contribution in [1.82, 2.24) is 9.78 Å². The minimum Gasteiger partial charge on any atom is -0.399 e. The van der Waals surface area contributed by atoms with Crippen LogP contribution in [0.25, 0.3) is 0 Å². The minimum atomic E-state index is -4.01. The molecule has 0 aliphatic carbocycles. The Hall–Kier alpha value is -2.09. The fraction of sp³-hybridized carbons (Fsp3) is 0.100. The van der Waals surface area contributed by atoms with Crippen LogP contribution in [0, 0.1) is 5.82 Å². The van der Waals surface area contributed by atoms with Gasteiger partial charge >= 0.3 is 0 Å². The lowest BCUT2D eigenvalue weighted by atomic mass is 10.3. The number of benzene rings is 1. The van der Waals surface area contributed by atoms with E-state index < -0.39 is 20.7 Å². The van der Waals surface area contributed by atoms with Crippen LogP contribution in [-0.4, -0.2) is 18.2 Å². The Bertz CT molecular complexity index is 681. The fourth-order valence-electron chi connectivity index (χ4n) is 1.41. The summed E-state index contributed by atoms with van der Waals surface area (Å²) in [5, 5.41) is 3.81. The molecule has 8 heteroatoms. The Balaban J connectivity index is 2.39. The zero-order valence-electron chi connectivity index (χ0n) is 9.46. The van der Waals surface area contributed by atoms with Gasteiger partial charge in [-0.05, 0) is 18.2 Å². The molecular weight excluding hydrogens is 259 g/mol. The first-order chi connectivity index (χ1) is 8.38. The quantitative estimate of drug-likeness (QED) is 0.812. The standard InChI is InChI=1S/C10H11FN4O2S/c1-15-6-8(5-13-15)14-18(16,17)10-4-7(12)2-3-9(10)11/h2-6,14H,12H2,1H3. The molecule has 1 aromatic heterocycles. The van der Waals surface area contributed by atoms with Crippen molar-refractivity contribution in [3.8, 4) is 0 Å². The van der Waals surface area contributed by atoms with Gasteiger partial charge in [-0.15, -0.1) is 0 Å². The average molecular weight is 270 g/mol. The van der Waals surface area contributed by atoms with Gasteiger partial charge in [0.25, 0.3) is 10.0 Å². The summed E-state index contributed by atoms with van der Waals surface area (Å²) in [5.41, 5.74) is 5.87. The molecule has 0 atom stereocenters. The number of sulfonamides is 1. The van der Waals surface area contributed by atoms with E-state index in [1.165, 1.54) is 23.1 Å². The summed E-state index contributed by atoms with van der Waals surface area (Å²) in [6, 6.07) is 3.36. The van der Waals surface area contributed by atoms with Gasteiger partial charge in [0.2, 0.25) is 0 Å². The van der Waals surface area contributed by atoms with Crippen molar-refractivity contribution in [2.45, 2.75) is 4.90 Å². The molecule has 0 fully saturated rings. The van der Waals surface area contributed by atoms with Crippen molar-refractivity contribution < 1.29 is 12.8 Å². The number of aromatic nitrogens is 2. The molecular formula is C10H11FN4O2S. The summed E-state index contributed by atoms with van der Waals surface area (Å²) < 4.78 is 41.0. The second kappa shape index (κ2) is 4.30. The highest BCUT2D eigenvalue weighted by Gasteiger charge is 2.19. The summed E-state index contributed by atoms with van der Waals surface area (Å²) in [5.74, 6) is -0.861. The first-order valence-electron chi connectivity index (χ1n) is 4.95. The highest BCUT2D eigenvalue weighted by atomic mass is 32.2. The molecule has 0 spiro atoms. The van der Waals surface area contributed by atoms with Crippen molar-refractivity contribution in [2.75, 3.05) is 10.5 Å². The lowest BCUT2D eigenvalue weighted by molar-refractivity contribution is 0.570. The molecule has 0 unspecified atom stereocenters. The topological polar surface area (TPSA) is 90.0 Å². The maximum Gasteiger partial charge on any atom is 0.264 e. The van der Waals surface area contributed by atoms with E-state index in [0.717, 1.165) is 12.1 Å². The summed E-state index contributed by atoms with van der Waals surface area (Å²) in [7, 11) is -2.37. The van der Waals surface area contributed by atoms with Crippen molar-refractivity contribution in [3.05, 3.63) is 36.4 Å². The van der Waals surface area contributed by atoms with Crippen LogP contribution in [0.1, 0.15) is 0 Å². The number of anilines is 2. The third kappa shape index (κ3) is 2.43. The largest absolute Gasteiger partial charge is 0.399 e. The van der Waals surface area contributed by atoms with Crippen LogP contribution >= 0.6 is 0 Å². The van der Waals surface area contributed by atoms with E-state index in [9.17, 15) is 12.8 Å². The average Bonchev–Trinajstić information content (AvgIpc) is 2.66. The number of nitrogens with two attached hydrogens (primary N) is 1. The molecule has 0 saturated heterocycles. The maximum atomic E-state index is 13.5. The first-order valence-corrected chi connectivity index (χ1v) is 6.43. The Morgan fingerprint density at radius 2 is 2.17 bits per heavy atom. The molecule has 0 bridgehead atoms. The van der Waals surface area contributed by atoms with Crippen LogP contribution < -0.4 is 10.5 Å². The van der Waals surface area contributed by atoms with E-state index in [2.05, 4.69) is 9.82 Å². The lowest BCUT2D eigenvalue weighted by Gasteiger charge is -2.07. The SMILES string of the molecule is Cn1cc(NS(=O)(=O)c2cc(N)ccc2F)cn1. The highest BCUT2D eigenvalue weighted by Crippen LogP contribution is 2.20. The van der Waals surface area contributed by atoms with Crippen LogP contribution in [0.5, 0.6) is 0 Å². The second-order valence-corrected chi connectivity index (χ2v) is 5.35. The van der Waals surface area contributed by atoms with E-state index >= 15 is 0 Å². The monoisotopic (exact) mass is 270 g/mol. The Morgan fingerprint density at radius 1 is 1.44 bits per heavy atom. The highest BCUT2D eigenvalue weighted by molar-refractivity contribution is 7.92. The Morgan fingerprint density at radius 3 is 2.78 bits per heavy atom. The Kier molecular flexibility index (Phi) is 2.95. The molecule has 18 heavy (non-hydrogen) atoms. The molecule has 6 nitrogen and oxygen atoms in total. The first kappa shape index (κ1) is 12.4. The van der Waals surface area contributed by atoms with E-state index in [-0.39, 0.29) is 11.4 Å². The van der Waals surface area contributed by atoms with Crippen LogP contribution in [0.3, 0.4) is 0 Å². The number of halogens is 1. The zero-order chi connectivity index (χ0) is 13.3. The van der Waals surface area contributed by atoms with Gasteiger partial charge in [0, 0.05) is 18.9 Å². The third-order valence-electron chi connectivity index (χ3n) is 2.20. The molecule has 1 heterocycles. The molecule has 0 aliphatic rings. The van der Waals surface area contributed by atoms with Gasteiger partial charge in [-0.1, -0.05) is 0 Å². The van der Waals surface area contributed by atoms with Gasteiger partial charge in [-0.3, -0.25) is 9.40 Å². The van der Waals surface area contributed by atoms with Crippen LogP contribution in [0.4, 0.5) is 15.8 Å². The van der Waals surface area contributed by atoms with E-state index in [1.54, 1.807) is 7.05 Å². The van der Waals surface area contributed by atoms with Gasteiger partial charge in [-0.2, -0.15) is 5.10 Å². The van der Waals surface area contributed by atoms with E-state index in [1.807, 2.05) is 0 Å². The number of hydrogen-bond donors (Lipinski definition) is 2. The summed E-state index contributed by atoms with van der Waals surface area (Å²) in [6.45, 7) is 0. The van der Waals surface area contributed by atoms with Gasteiger partial charge < -0.3 is 5.73 Å². The predicted octanol–water partition coefficient (Wildman–Crippen LogP) is 0.942. The molecule has 0 radical (unpaired) electrons. The van der Waals surface area contributed by atoms with Gasteiger partial charge in [0.05, 0.1) is 11.9 Å². The molecule has 0 saturated carbocycles. The molecule has 1 aromatic carbocycles.